The summed E-state index contributed by atoms with van der Waals surface area (Å²) in [6.07, 6.45) is 18.9. The Morgan fingerprint density at radius 1 is 0.643 bits per heavy atom. The minimum Gasteiger partial charge on any atom is -1.00 e. The zero-order valence-electron chi connectivity index (χ0n) is 17.8. The summed E-state index contributed by atoms with van der Waals surface area (Å²) in [6, 6.07) is 13.2. The molecule has 0 amide bonds. The number of nitrogens with zero attached hydrogens (tertiary/aromatic N) is 2. The highest BCUT2D eigenvalue weighted by atomic mass is 79.9. The fourth-order valence-corrected chi connectivity index (χ4v) is 3.58. The van der Waals surface area contributed by atoms with Crippen molar-refractivity contribution >= 4 is 0 Å². The van der Waals surface area contributed by atoms with E-state index in [2.05, 4.69) is 71.8 Å². The lowest BCUT2D eigenvalue weighted by molar-refractivity contribution is -0.795. The molecule has 2 aromatic heterocycles. The Hall–Kier alpha value is -0.740. The zero-order valence-corrected chi connectivity index (χ0v) is 20.9. The first-order valence-corrected chi connectivity index (χ1v) is 10.8. The third-order valence-corrected chi connectivity index (χ3v) is 5.15. The van der Waals surface area contributed by atoms with E-state index in [9.17, 15) is 0 Å². The van der Waals surface area contributed by atoms with Crippen molar-refractivity contribution in [3.63, 3.8) is 0 Å². The van der Waals surface area contributed by atoms with Gasteiger partial charge in [0.05, 0.1) is 6.07 Å². The molecule has 0 atom stereocenters. The van der Waals surface area contributed by atoms with E-state index in [1.54, 1.807) is 0 Å². The predicted octanol–water partition coefficient (Wildman–Crippen LogP) is -0.258. The highest BCUT2D eigenvalue weighted by Gasteiger charge is 2.22. The van der Waals surface area contributed by atoms with Gasteiger partial charge in [0.15, 0.2) is 24.6 Å². The van der Waals surface area contributed by atoms with Gasteiger partial charge in [-0.1, -0.05) is 64.9 Å². The molecule has 0 fully saturated rings. The van der Waals surface area contributed by atoms with Crippen LogP contribution in [0.4, 0.5) is 0 Å². The Bertz CT molecular complexity index is 576. The van der Waals surface area contributed by atoms with Gasteiger partial charge in [-0.15, -0.1) is 9.13 Å². The van der Waals surface area contributed by atoms with Crippen molar-refractivity contribution in [1.82, 2.24) is 0 Å². The molecule has 0 aliphatic heterocycles. The molecular formula is C24H38Br2N2. The molecule has 0 spiro atoms. The highest BCUT2D eigenvalue weighted by molar-refractivity contribution is 5.07. The van der Waals surface area contributed by atoms with Gasteiger partial charge >= 0.3 is 5.82 Å². The van der Waals surface area contributed by atoms with E-state index in [4.69, 9.17) is 0 Å². The van der Waals surface area contributed by atoms with E-state index in [-0.39, 0.29) is 34.0 Å². The van der Waals surface area contributed by atoms with Crippen LogP contribution in [0.3, 0.4) is 0 Å². The second kappa shape index (κ2) is 17.1. The first kappa shape index (κ1) is 27.3. The topological polar surface area (TPSA) is 7.76 Å². The molecule has 0 radical (unpaired) electrons. The lowest BCUT2D eigenvalue weighted by Gasteiger charge is -2.04. The van der Waals surface area contributed by atoms with E-state index in [1.807, 2.05) is 0 Å². The summed E-state index contributed by atoms with van der Waals surface area (Å²) in [4.78, 5) is 0. The van der Waals surface area contributed by atoms with Crippen molar-refractivity contribution in [1.29, 1.82) is 0 Å². The average Bonchev–Trinajstić information content (AvgIpc) is 2.68. The Kier molecular flexibility index (Phi) is 16.7. The number of aryl methyl sites for hydroxylation is 2. The van der Waals surface area contributed by atoms with Crippen LogP contribution in [0.2, 0.25) is 0 Å². The maximum absolute atomic E-state index is 2.42. The van der Waals surface area contributed by atoms with E-state index in [0.717, 1.165) is 13.0 Å². The molecule has 0 saturated carbocycles. The number of rotatable bonds is 13. The Morgan fingerprint density at radius 2 is 1.25 bits per heavy atom. The normalized spacial score (nSPS) is 10.2. The van der Waals surface area contributed by atoms with Crippen LogP contribution in [0, 0.1) is 0 Å². The largest absolute Gasteiger partial charge is 1.00 e. The number of hydrogen-bond donors (Lipinski definition) is 0. The second-order valence-corrected chi connectivity index (χ2v) is 7.39. The van der Waals surface area contributed by atoms with Crippen LogP contribution in [0.25, 0.3) is 5.82 Å². The van der Waals surface area contributed by atoms with Crippen LogP contribution in [-0.2, 0) is 13.0 Å². The summed E-state index contributed by atoms with van der Waals surface area (Å²) in [6.45, 7) is 5.67. The second-order valence-electron chi connectivity index (χ2n) is 7.39. The molecule has 4 heteroatoms. The average molecular weight is 514 g/mol. The third kappa shape index (κ3) is 9.65. The van der Waals surface area contributed by atoms with Crippen molar-refractivity contribution in [2.24, 2.45) is 0 Å². The molecule has 28 heavy (non-hydrogen) atoms. The summed E-state index contributed by atoms with van der Waals surface area (Å²) < 4.78 is 4.82. The molecule has 0 unspecified atom stereocenters. The van der Waals surface area contributed by atoms with Crippen molar-refractivity contribution in [2.75, 3.05) is 0 Å². The molecule has 2 rings (SSSR count). The van der Waals surface area contributed by atoms with Crippen LogP contribution in [0.5, 0.6) is 0 Å². The molecule has 2 heterocycles. The highest BCUT2D eigenvalue weighted by Crippen LogP contribution is 2.08. The predicted molar refractivity (Wildman–Crippen MR) is 109 cm³/mol. The van der Waals surface area contributed by atoms with Crippen molar-refractivity contribution < 1.29 is 43.1 Å². The number of unbranched alkanes of at least 4 members (excludes halogenated alkanes) is 8. The molecular weight excluding hydrogens is 476 g/mol. The standard InChI is InChI=1S/C24H38N2.2BrH/c1-3-5-7-9-11-17-23-18-12-16-22-26(23)24-19-13-15-21-25(24)20-14-10-8-6-4-2;;/h12-13,15-16,18-19,21-22H,3-11,14,17,20H2,1-2H3;2*1H/q+2;;/p-2. The molecule has 0 N–H and O–H groups in total. The summed E-state index contributed by atoms with van der Waals surface area (Å²) in [5.74, 6) is 1.30. The van der Waals surface area contributed by atoms with Crippen LogP contribution in [0.15, 0.2) is 48.8 Å². The molecule has 0 bridgehead atoms. The smallest absolute Gasteiger partial charge is 0.449 e. The van der Waals surface area contributed by atoms with Gasteiger partial charge in [0.1, 0.15) is 0 Å². The van der Waals surface area contributed by atoms with E-state index >= 15 is 0 Å². The number of aromatic nitrogens is 2. The third-order valence-electron chi connectivity index (χ3n) is 5.15. The molecule has 0 aromatic carbocycles. The maximum atomic E-state index is 2.42. The van der Waals surface area contributed by atoms with Crippen LogP contribution in [0.1, 0.15) is 83.7 Å². The van der Waals surface area contributed by atoms with Gasteiger partial charge < -0.3 is 34.0 Å². The quantitative estimate of drug-likeness (QED) is 0.257. The van der Waals surface area contributed by atoms with Gasteiger partial charge in [-0.3, -0.25) is 0 Å². The van der Waals surface area contributed by atoms with Crippen LogP contribution in [-0.4, -0.2) is 0 Å². The summed E-state index contributed by atoms with van der Waals surface area (Å²) in [7, 11) is 0. The molecule has 0 aliphatic carbocycles. The van der Waals surface area contributed by atoms with E-state index < -0.39 is 0 Å². The number of halogens is 2. The maximum Gasteiger partial charge on any atom is 0.449 e. The first-order chi connectivity index (χ1) is 12.9. The number of pyridine rings is 2. The minimum absolute atomic E-state index is 0. The SMILES string of the molecule is CCCCCCCc1cccc[n+]1-c1cccc[n+]1CCCCCCC.[Br-].[Br-]. The van der Waals surface area contributed by atoms with Gasteiger partial charge in [-0.05, 0) is 18.9 Å². The number of hydrogen-bond acceptors (Lipinski definition) is 0. The zero-order chi connectivity index (χ0) is 18.5. The van der Waals surface area contributed by atoms with Crippen LogP contribution >= 0.6 is 0 Å². The lowest BCUT2D eigenvalue weighted by Crippen LogP contribution is -3.00. The van der Waals surface area contributed by atoms with Gasteiger partial charge in [0.25, 0.3) is 0 Å². The van der Waals surface area contributed by atoms with Crippen molar-refractivity contribution in [3.05, 3.63) is 54.5 Å². The monoisotopic (exact) mass is 512 g/mol. The Balaban J connectivity index is 0.00000364. The fraction of sp³-hybridized carbons (Fsp3) is 0.583. The molecule has 0 saturated heterocycles. The minimum atomic E-state index is 0. The van der Waals surface area contributed by atoms with Gasteiger partial charge in [0.2, 0.25) is 0 Å². The molecule has 0 aliphatic rings. The van der Waals surface area contributed by atoms with E-state index in [1.165, 1.54) is 75.7 Å². The summed E-state index contributed by atoms with van der Waals surface area (Å²) in [5, 5.41) is 0. The summed E-state index contributed by atoms with van der Waals surface area (Å²) >= 11 is 0. The summed E-state index contributed by atoms with van der Waals surface area (Å²) in [5.41, 5.74) is 1.43. The van der Waals surface area contributed by atoms with Gasteiger partial charge in [-0.25, -0.2) is 0 Å². The van der Waals surface area contributed by atoms with Crippen molar-refractivity contribution in [3.8, 4) is 5.82 Å². The molecule has 158 valence electrons. The van der Waals surface area contributed by atoms with E-state index in [0.29, 0.717) is 0 Å². The van der Waals surface area contributed by atoms with Gasteiger partial charge in [0, 0.05) is 31.0 Å². The van der Waals surface area contributed by atoms with Crippen LogP contribution < -0.4 is 43.1 Å². The Morgan fingerprint density at radius 3 is 1.96 bits per heavy atom. The van der Waals surface area contributed by atoms with Crippen molar-refractivity contribution in [2.45, 2.75) is 91.0 Å². The molecule has 2 aromatic rings. The Labute approximate surface area is 193 Å². The van der Waals surface area contributed by atoms with Gasteiger partial charge in [-0.2, -0.15) is 0 Å². The fourth-order valence-electron chi connectivity index (χ4n) is 3.58. The molecule has 2 nitrogen and oxygen atoms in total. The lowest BCUT2D eigenvalue weighted by atomic mass is 10.1. The first-order valence-electron chi connectivity index (χ1n) is 10.8.